The molecular formula is C9H17NO2S. The summed E-state index contributed by atoms with van der Waals surface area (Å²) in [6.07, 6.45) is 2.92. The van der Waals surface area contributed by atoms with Gasteiger partial charge in [-0.3, -0.25) is 4.79 Å². The van der Waals surface area contributed by atoms with E-state index in [1.54, 1.807) is 11.8 Å². The minimum Gasteiger partial charge on any atom is -0.480 e. The van der Waals surface area contributed by atoms with Gasteiger partial charge in [0.25, 0.3) is 0 Å². The van der Waals surface area contributed by atoms with Crippen LogP contribution >= 0.6 is 11.8 Å². The van der Waals surface area contributed by atoms with Crippen LogP contribution in [0.2, 0.25) is 0 Å². The first-order valence-corrected chi connectivity index (χ1v) is 5.93. The van der Waals surface area contributed by atoms with Crippen molar-refractivity contribution in [1.29, 1.82) is 0 Å². The van der Waals surface area contributed by atoms with Crippen molar-refractivity contribution >= 4 is 17.7 Å². The van der Waals surface area contributed by atoms with E-state index >= 15 is 0 Å². The number of aliphatic carboxylic acids is 1. The van der Waals surface area contributed by atoms with Crippen LogP contribution in [0.4, 0.5) is 0 Å². The Bertz CT molecular complexity index is 178. The lowest BCUT2D eigenvalue weighted by Gasteiger charge is -2.24. The molecule has 4 heteroatoms. The number of nitrogens with one attached hydrogen (secondary N) is 1. The van der Waals surface area contributed by atoms with Crippen LogP contribution in [-0.4, -0.2) is 34.7 Å². The van der Waals surface area contributed by atoms with E-state index < -0.39 is 11.5 Å². The minimum absolute atomic E-state index is 0.625. The van der Waals surface area contributed by atoms with Crippen molar-refractivity contribution in [2.75, 3.05) is 18.1 Å². The second-order valence-corrected chi connectivity index (χ2v) is 4.58. The number of unbranched alkanes of at least 4 members (excludes halogenated alkanes) is 1. The van der Waals surface area contributed by atoms with Gasteiger partial charge in [0.2, 0.25) is 0 Å². The topological polar surface area (TPSA) is 49.3 Å². The minimum atomic E-state index is -0.686. The summed E-state index contributed by atoms with van der Waals surface area (Å²) in [5.41, 5.74) is -0.625. The van der Waals surface area contributed by atoms with Crippen LogP contribution in [0.1, 0.15) is 26.2 Å². The van der Waals surface area contributed by atoms with E-state index in [0.717, 1.165) is 31.6 Å². The van der Waals surface area contributed by atoms with Crippen LogP contribution in [-0.2, 0) is 4.79 Å². The van der Waals surface area contributed by atoms with E-state index in [4.69, 9.17) is 5.11 Å². The number of hydrogen-bond acceptors (Lipinski definition) is 3. The molecule has 0 radical (unpaired) electrons. The van der Waals surface area contributed by atoms with Crippen LogP contribution in [0.25, 0.3) is 0 Å². The van der Waals surface area contributed by atoms with Crippen molar-refractivity contribution in [2.24, 2.45) is 0 Å². The average Bonchev–Trinajstić information content (AvgIpc) is 2.55. The smallest absolute Gasteiger partial charge is 0.324 e. The largest absolute Gasteiger partial charge is 0.480 e. The lowest BCUT2D eigenvalue weighted by atomic mass is 9.99. The van der Waals surface area contributed by atoms with E-state index in [9.17, 15) is 4.79 Å². The first kappa shape index (κ1) is 10.9. The molecule has 2 N–H and O–H groups in total. The Hall–Kier alpha value is -0.220. The molecule has 0 spiro atoms. The Labute approximate surface area is 83.3 Å². The van der Waals surface area contributed by atoms with E-state index in [1.807, 2.05) is 0 Å². The van der Waals surface area contributed by atoms with Gasteiger partial charge in [0, 0.05) is 5.75 Å². The van der Waals surface area contributed by atoms with Crippen LogP contribution in [0.15, 0.2) is 0 Å². The number of carbonyl (C=O) groups is 1. The molecule has 1 rings (SSSR count). The maximum atomic E-state index is 11.0. The summed E-state index contributed by atoms with van der Waals surface area (Å²) >= 11 is 1.72. The Morgan fingerprint density at radius 3 is 2.92 bits per heavy atom. The first-order chi connectivity index (χ1) is 6.21. The Kier molecular flexibility index (Phi) is 4.06. The highest BCUT2D eigenvalue weighted by atomic mass is 32.2. The number of carboxylic acid groups (broad SMARTS) is 1. The molecule has 3 nitrogen and oxygen atoms in total. The quantitative estimate of drug-likeness (QED) is 0.662. The van der Waals surface area contributed by atoms with Crippen molar-refractivity contribution in [3.8, 4) is 0 Å². The van der Waals surface area contributed by atoms with Gasteiger partial charge < -0.3 is 10.4 Å². The molecule has 1 fully saturated rings. The molecule has 1 saturated heterocycles. The van der Waals surface area contributed by atoms with Crippen molar-refractivity contribution < 1.29 is 9.90 Å². The maximum Gasteiger partial charge on any atom is 0.324 e. The fourth-order valence-electron chi connectivity index (χ4n) is 1.45. The predicted molar refractivity (Wildman–Crippen MR) is 55.2 cm³/mol. The molecule has 0 bridgehead atoms. The summed E-state index contributed by atoms with van der Waals surface area (Å²) in [4.78, 5) is 11.0. The van der Waals surface area contributed by atoms with Crippen molar-refractivity contribution in [3.63, 3.8) is 0 Å². The van der Waals surface area contributed by atoms with Gasteiger partial charge in [0.15, 0.2) is 0 Å². The van der Waals surface area contributed by atoms with Gasteiger partial charge in [0.05, 0.1) is 0 Å². The van der Waals surface area contributed by atoms with Crippen LogP contribution in [0.3, 0.4) is 0 Å². The van der Waals surface area contributed by atoms with Crippen LogP contribution < -0.4 is 5.32 Å². The summed E-state index contributed by atoms with van der Waals surface area (Å²) in [6, 6.07) is 0. The molecule has 0 saturated carbocycles. The summed E-state index contributed by atoms with van der Waals surface area (Å²) in [5, 5.41) is 12.3. The van der Waals surface area contributed by atoms with Gasteiger partial charge in [-0.05, 0) is 25.1 Å². The molecule has 1 heterocycles. The van der Waals surface area contributed by atoms with Crippen LogP contribution in [0.5, 0.6) is 0 Å². The lowest BCUT2D eigenvalue weighted by Crippen LogP contribution is -2.52. The molecule has 0 aromatic heterocycles. The third kappa shape index (κ3) is 2.61. The number of thioether (sulfide) groups is 1. The summed E-state index contributed by atoms with van der Waals surface area (Å²) in [7, 11) is 0. The average molecular weight is 203 g/mol. The highest BCUT2D eigenvalue weighted by Crippen LogP contribution is 2.28. The lowest BCUT2D eigenvalue weighted by molar-refractivity contribution is -0.143. The van der Waals surface area contributed by atoms with Crippen molar-refractivity contribution in [3.05, 3.63) is 0 Å². The highest BCUT2D eigenvalue weighted by molar-refractivity contribution is 7.99. The molecule has 1 atom stereocenters. The molecule has 1 aliphatic rings. The molecular weight excluding hydrogens is 186 g/mol. The Morgan fingerprint density at radius 1 is 1.69 bits per heavy atom. The molecule has 13 heavy (non-hydrogen) atoms. The zero-order valence-electron chi connectivity index (χ0n) is 8.01. The van der Waals surface area contributed by atoms with E-state index in [-0.39, 0.29) is 0 Å². The highest BCUT2D eigenvalue weighted by Gasteiger charge is 2.40. The molecule has 0 amide bonds. The zero-order valence-corrected chi connectivity index (χ0v) is 8.82. The van der Waals surface area contributed by atoms with Gasteiger partial charge in [-0.2, -0.15) is 11.8 Å². The Balaban J connectivity index is 2.43. The fourth-order valence-corrected chi connectivity index (χ4v) is 2.81. The van der Waals surface area contributed by atoms with E-state index in [2.05, 4.69) is 12.2 Å². The molecule has 0 aliphatic carbocycles. The summed E-state index contributed by atoms with van der Waals surface area (Å²) in [5.74, 6) is 0.992. The van der Waals surface area contributed by atoms with Gasteiger partial charge in [-0.15, -0.1) is 0 Å². The van der Waals surface area contributed by atoms with Gasteiger partial charge in [-0.25, -0.2) is 0 Å². The predicted octanol–water partition coefficient (Wildman–Crippen LogP) is 1.34. The van der Waals surface area contributed by atoms with Crippen molar-refractivity contribution in [1.82, 2.24) is 5.32 Å². The molecule has 1 aliphatic heterocycles. The maximum absolute atomic E-state index is 11.0. The second kappa shape index (κ2) is 4.86. The Morgan fingerprint density at radius 2 is 2.46 bits per heavy atom. The zero-order chi connectivity index (χ0) is 9.73. The van der Waals surface area contributed by atoms with Gasteiger partial charge in [0.1, 0.15) is 5.54 Å². The standard InChI is InChI=1S/C9H17NO2S/c1-2-3-5-10-9(8(11)12)4-6-13-7-9/h10H,2-7H2,1H3,(H,11,12). The number of hydrogen-bond donors (Lipinski definition) is 2. The van der Waals surface area contributed by atoms with Gasteiger partial charge in [-0.1, -0.05) is 13.3 Å². The molecule has 0 aromatic carbocycles. The van der Waals surface area contributed by atoms with E-state index in [0.29, 0.717) is 5.75 Å². The second-order valence-electron chi connectivity index (χ2n) is 3.47. The van der Waals surface area contributed by atoms with Crippen LogP contribution in [0, 0.1) is 0 Å². The first-order valence-electron chi connectivity index (χ1n) is 4.77. The SMILES string of the molecule is CCCCNC1(C(=O)O)CCSC1. The monoisotopic (exact) mass is 203 g/mol. The molecule has 1 unspecified atom stereocenters. The van der Waals surface area contributed by atoms with Gasteiger partial charge >= 0.3 is 5.97 Å². The van der Waals surface area contributed by atoms with E-state index in [1.165, 1.54) is 0 Å². The molecule has 76 valence electrons. The normalized spacial score (nSPS) is 27.8. The summed E-state index contributed by atoms with van der Waals surface area (Å²) in [6.45, 7) is 2.93. The number of rotatable bonds is 5. The third-order valence-electron chi connectivity index (χ3n) is 2.42. The fraction of sp³-hybridized carbons (Fsp3) is 0.889. The summed E-state index contributed by atoms with van der Waals surface area (Å²) < 4.78 is 0. The van der Waals surface area contributed by atoms with Crippen molar-refractivity contribution in [2.45, 2.75) is 31.7 Å². The third-order valence-corrected chi connectivity index (χ3v) is 3.61. The number of carboxylic acids is 1. The molecule has 0 aromatic rings.